The van der Waals surface area contributed by atoms with Gasteiger partial charge in [-0.25, -0.2) is 0 Å². The summed E-state index contributed by atoms with van der Waals surface area (Å²) in [7, 11) is 0. The van der Waals surface area contributed by atoms with E-state index in [0.29, 0.717) is 18.3 Å². The number of nitrogens with two attached hydrogens (primary N) is 1. The van der Waals surface area contributed by atoms with Gasteiger partial charge in [-0.05, 0) is 50.4 Å². The number of amides is 1. The molecule has 0 aliphatic heterocycles. The van der Waals surface area contributed by atoms with Gasteiger partial charge in [0.25, 0.3) is 0 Å². The normalized spacial score (nSPS) is 31.3. The van der Waals surface area contributed by atoms with E-state index in [1.807, 2.05) is 0 Å². The average molecular weight is 295 g/mol. The maximum Gasteiger partial charge on any atom is 0.221 e. The Hall–Kier alpha value is -1.26. The topological polar surface area (TPSA) is 87.7 Å². The van der Waals surface area contributed by atoms with Crippen molar-refractivity contribution in [3.8, 4) is 0 Å². The smallest absolute Gasteiger partial charge is 0.221 e. The second kappa shape index (κ2) is 7.14. The molecule has 2 rings (SSSR count). The standard InChI is InChI=1S/C16H29N3O2/c1-2-12-7-9-16(10-8-12,15(17)19-21)18-14(20)11-13-5-3-4-6-13/h12-13,21H,2-11H2,1H3,(H2,17,19)(H,18,20). The van der Waals surface area contributed by atoms with E-state index < -0.39 is 5.54 Å². The van der Waals surface area contributed by atoms with Crippen LogP contribution < -0.4 is 11.1 Å². The molecule has 120 valence electrons. The van der Waals surface area contributed by atoms with Crippen LogP contribution >= 0.6 is 0 Å². The third-order valence-corrected chi connectivity index (χ3v) is 5.46. The fourth-order valence-corrected chi connectivity index (χ4v) is 3.91. The minimum Gasteiger partial charge on any atom is -0.409 e. The molecule has 0 radical (unpaired) electrons. The molecule has 5 nitrogen and oxygen atoms in total. The first-order valence-electron chi connectivity index (χ1n) is 8.38. The Morgan fingerprint density at radius 3 is 2.38 bits per heavy atom. The molecule has 0 aromatic carbocycles. The molecule has 0 bridgehead atoms. The Kier molecular flexibility index (Phi) is 5.48. The molecule has 1 amide bonds. The van der Waals surface area contributed by atoms with Crippen LogP contribution in [0, 0.1) is 11.8 Å². The molecular formula is C16H29N3O2. The number of nitrogens with zero attached hydrogens (tertiary/aromatic N) is 1. The maximum absolute atomic E-state index is 12.3. The lowest BCUT2D eigenvalue weighted by Crippen LogP contribution is -2.59. The lowest BCUT2D eigenvalue weighted by Gasteiger charge is -2.39. The lowest BCUT2D eigenvalue weighted by atomic mass is 9.74. The largest absolute Gasteiger partial charge is 0.409 e. The molecule has 5 heteroatoms. The molecule has 2 aliphatic rings. The number of nitrogens with one attached hydrogen (secondary N) is 1. The number of hydrogen-bond donors (Lipinski definition) is 3. The molecule has 0 aromatic rings. The highest BCUT2D eigenvalue weighted by Crippen LogP contribution is 2.34. The molecule has 21 heavy (non-hydrogen) atoms. The summed E-state index contributed by atoms with van der Waals surface area (Å²) in [5.74, 6) is 1.43. The molecule has 0 unspecified atom stereocenters. The van der Waals surface area contributed by atoms with Crippen molar-refractivity contribution in [2.75, 3.05) is 0 Å². The van der Waals surface area contributed by atoms with Gasteiger partial charge >= 0.3 is 0 Å². The lowest BCUT2D eigenvalue weighted by molar-refractivity contribution is -0.123. The first kappa shape index (κ1) is 16.1. The SMILES string of the molecule is CCC1CCC(NC(=O)CC2CCCC2)(/C(N)=N/O)CC1. The van der Waals surface area contributed by atoms with E-state index in [9.17, 15) is 4.79 Å². The average Bonchev–Trinajstić information content (AvgIpc) is 2.99. The van der Waals surface area contributed by atoms with Crippen molar-refractivity contribution in [1.82, 2.24) is 5.32 Å². The van der Waals surface area contributed by atoms with Crippen LogP contribution in [0.25, 0.3) is 0 Å². The number of hydrogen-bond acceptors (Lipinski definition) is 3. The van der Waals surface area contributed by atoms with Gasteiger partial charge in [0.1, 0.15) is 5.54 Å². The van der Waals surface area contributed by atoms with Gasteiger partial charge in [0.05, 0.1) is 0 Å². The highest BCUT2D eigenvalue weighted by molar-refractivity contribution is 5.94. The zero-order chi connectivity index (χ0) is 15.3. The fourth-order valence-electron chi connectivity index (χ4n) is 3.91. The monoisotopic (exact) mass is 295 g/mol. The van der Waals surface area contributed by atoms with E-state index in [1.165, 1.54) is 12.8 Å². The summed E-state index contributed by atoms with van der Waals surface area (Å²) >= 11 is 0. The Morgan fingerprint density at radius 1 is 1.24 bits per heavy atom. The first-order chi connectivity index (χ1) is 10.1. The summed E-state index contributed by atoms with van der Waals surface area (Å²) in [6, 6.07) is 0. The third kappa shape index (κ3) is 3.89. The van der Waals surface area contributed by atoms with E-state index in [-0.39, 0.29) is 11.7 Å². The van der Waals surface area contributed by atoms with Crippen LogP contribution in [0.1, 0.15) is 71.1 Å². The van der Waals surface area contributed by atoms with Crippen LogP contribution in [0.4, 0.5) is 0 Å². The van der Waals surface area contributed by atoms with Gasteiger partial charge < -0.3 is 16.3 Å². The highest BCUT2D eigenvalue weighted by Gasteiger charge is 2.40. The maximum atomic E-state index is 12.3. The van der Waals surface area contributed by atoms with E-state index >= 15 is 0 Å². The molecular weight excluding hydrogens is 266 g/mol. The van der Waals surface area contributed by atoms with Crippen molar-refractivity contribution in [2.45, 2.75) is 76.7 Å². The van der Waals surface area contributed by atoms with Crippen LogP contribution in [-0.2, 0) is 4.79 Å². The molecule has 0 heterocycles. The van der Waals surface area contributed by atoms with Crippen molar-refractivity contribution in [3.05, 3.63) is 0 Å². The highest BCUT2D eigenvalue weighted by atomic mass is 16.4. The molecule has 2 aliphatic carbocycles. The number of carbonyl (C=O) groups excluding carboxylic acids is 1. The molecule has 4 N–H and O–H groups in total. The van der Waals surface area contributed by atoms with Crippen molar-refractivity contribution in [2.24, 2.45) is 22.7 Å². The van der Waals surface area contributed by atoms with Crippen molar-refractivity contribution >= 4 is 11.7 Å². The van der Waals surface area contributed by atoms with Gasteiger partial charge in [-0.2, -0.15) is 0 Å². The Morgan fingerprint density at radius 2 is 1.86 bits per heavy atom. The first-order valence-corrected chi connectivity index (χ1v) is 8.38. The minimum absolute atomic E-state index is 0.0587. The van der Waals surface area contributed by atoms with Crippen LogP contribution in [0.3, 0.4) is 0 Å². The van der Waals surface area contributed by atoms with Gasteiger partial charge in [-0.1, -0.05) is 31.3 Å². The summed E-state index contributed by atoms with van der Waals surface area (Å²) in [6.45, 7) is 2.19. The molecule has 2 saturated carbocycles. The van der Waals surface area contributed by atoms with Gasteiger partial charge in [0.15, 0.2) is 5.84 Å². The summed E-state index contributed by atoms with van der Waals surface area (Å²) < 4.78 is 0. The van der Waals surface area contributed by atoms with Crippen molar-refractivity contribution in [3.63, 3.8) is 0 Å². The summed E-state index contributed by atoms with van der Waals surface area (Å²) in [4.78, 5) is 12.3. The molecule has 0 atom stereocenters. The summed E-state index contributed by atoms with van der Waals surface area (Å²) in [5, 5.41) is 15.4. The van der Waals surface area contributed by atoms with Crippen LogP contribution in [-0.4, -0.2) is 22.5 Å². The molecule has 0 aromatic heterocycles. The van der Waals surface area contributed by atoms with E-state index in [4.69, 9.17) is 10.9 Å². The fraction of sp³-hybridized carbons (Fsp3) is 0.875. The Labute approximate surface area is 127 Å². The number of oxime groups is 1. The predicted molar refractivity (Wildman–Crippen MR) is 83.1 cm³/mol. The van der Waals surface area contributed by atoms with Crippen LogP contribution in [0.2, 0.25) is 0 Å². The Balaban J connectivity index is 1.98. The quantitative estimate of drug-likeness (QED) is 0.315. The van der Waals surface area contributed by atoms with E-state index in [2.05, 4.69) is 17.4 Å². The van der Waals surface area contributed by atoms with Crippen molar-refractivity contribution in [1.29, 1.82) is 0 Å². The van der Waals surface area contributed by atoms with E-state index in [1.54, 1.807) is 0 Å². The predicted octanol–water partition coefficient (Wildman–Crippen LogP) is 2.77. The molecule has 0 saturated heterocycles. The van der Waals surface area contributed by atoms with Crippen LogP contribution in [0.5, 0.6) is 0 Å². The number of amidine groups is 1. The van der Waals surface area contributed by atoms with Gasteiger partial charge in [-0.15, -0.1) is 0 Å². The van der Waals surface area contributed by atoms with E-state index in [0.717, 1.165) is 44.9 Å². The van der Waals surface area contributed by atoms with Crippen molar-refractivity contribution < 1.29 is 10.0 Å². The van der Waals surface area contributed by atoms with Gasteiger partial charge in [0.2, 0.25) is 5.91 Å². The summed E-state index contributed by atoms with van der Waals surface area (Å²) in [6.07, 6.45) is 10.1. The third-order valence-electron chi connectivity index (χ3n) is 5.46. The number of carbonyl (C=O) groups is 1. The van der Waals surface area contributed by atoms with Gasteiger partial charge in [0, 0.05) is 6.42 Å². The van der Waals surface area contributed by atoms with Crippen LogP contribution in [0.15, 0.2) is 5.16 Å². The zero-order valence-corrected chi connectivity index (χ0v) is 13.1. The Bertz CT molecular complexity index is 381. The second-order valence-corrected chi connectivity index (χ2v) is 6.82. The minimum atomic E-state index is -0.629. The number of rotatable bonds is 5. The van der Waals surface area contributed by atoms with Gasteiger partial charge in [-0.3, -0.25) is 4.79 Å². The molecule has 0 spiro atoms. The molecule has 2 fully saturated rings. The summed E-state index contributed by atoms with van der Waals surface area (Å²) in [5.41, 5.74) is 5.28. The zero-order valence-electron chi connectivity index (χ0n) is 13.1. The second-order valence-electron chi connectivity index (χ2n) is 6.82.